The zero-order valence-corrected chi connectivity index (χ0v) is 14.0. The van der Waals surface area contributed by atoms with Crippen LogP contribution >= 0.6 is 19.1 Å². The van der Waals surface area contributed by atoms with Gasteiger partial charge in [-0.1, -0.05) is 13.8 Å². The van der Waals surface area contributed by atoms with Crippen molar-refractivity contribution in [2.45, 2.75) is 46.3 Å². The van der Waals surface area contributed by atoms with Crippen LogP contribution in [0.2, 0.25) is 0 Å². The van der Waals surface area contributed by atoms with Crippen molar-refractivity contribution < 1.29 is 35.4 Å². The minimum atomic E-state index is -1.06. The number of halogens is 2. The first-order valence-electron chi connectivity index (χ1n) is 5.09. The molecule has 0 fully saturated rings. The molecule has 0 aliphatic carbocycles. The van der Waals surface area contributed by atoms with Crippen molar-refractivity contribution in [1.82, 2.24) is 5.32 Å². The van der Waals surface area contributed by atoms with Crippen LogP contribution < -0.4 is 5.32 Å². The second-order valence-corrected chi connectivity index (χ2v) is 7.11. The molecule has 5 nitrogen and oxygen atoms in total. The quantitative estimate of drug-likeness (QED) is 0.722. The van der Waals surface area contributed by atoms with Crippen LogP contribution in [0.25, 0.3) is 0 Å². The molecule has 8 heteroatoms. The first-order valence-corrected chi connectivity index (χ1v) is 9.10. The van der Waals surface area contributed by atoms with Crippen molar-refractivity contribution in [1.29, 1.82) is 0 Å². The Bertz CT molecular complexity index is 269. The van der Waals surface area contributed by atoms with Crippen molar-refractivity contribution in [3.63, 3.8) is 0 Å². The van der Waals surface area contributed by atoms with Gasteiger partial charge in [0.05, 0.1) is 0 Å². The molecule has 0 saturated heterocycles. The molecule has 0 aliphatic heterocycles. The number of hydrogen-bond acceptors (Lipinski definition) is 3. The van der Waals surface area contributed by atoms with Gasteiger partial charge in [-0.15, -0.1) is 0 Å². The number of carboxylic acid groups (broad SMARTS) is 1. The summed E-state index contributed by atoms with van der Waals surface area (Å²) in [7, 11) is 9.63. The minimum absolute atomic E-state index is 0.106. The normalized spacial score (nSPS) is 12.4. The summed E-state index contributed by atoms with van der Waals surface area (Å²) >= 11 is -0.106. The summed E-state index contributed by atoms with van der Waals surface area (Å²) in [6.45, 7) is 8.60. The molecule has 0 aliphatic rings. The van der Waals surface area contributed by atoms with E-state index < -0.39 is 23.7 Å². The van der Waals surface area contributed by atoms with Gasteiger partial charge in [0, 0.05) is 0 Å². The molecule has 1 amide bonds. The number of nitrogens with one attached hydrogen (secondary N) is 1. The van der Waals surface area contributed by atoms with Crippen LogP contribution in [0.5, 0.6) is 0 Å². The second-order valence-electron chi connectivity index (χ2n) is 4.75. The Morgan fingerprint density at radius 3 is 1.89 bits per heavy atom. The zero-order valence-electron chi connectivity index (χ0n) is 10.9. The molecule has 0 radical (unpaired) electrons. The van der Waals surface area contributed by atoms with E-state index in [9.17, 15) is 9.59 Å². The van der Waals surface area contributed by atoms with Gasteiger partial charge in [0.1, 0.15) is 11.6 Å². The van der Waals surface area contributed by atoms with E-state index in [2.05, 4.69) is 5.32 Å². The number of rotatable bonds is 3. The van der Waals surface area contributed by atoms with Crippen LogP contribution in [0, 0.1) is 5.92 Å². The molecule has 0 heterocycles. The SMILES string of the molecule is CC(C)C(NC(=O)OC(C)(C)C)C(=O)O.[Cl][Pd][Cl]. The molecule has 18 heavy (non-hydrogen) atoms. The fraction of sp³-hybridized carbons (Fsp3) is 0.800. The third kappa shape index (κ3) is 12.4. The molecule has 0 aromatic rings. The van der Waals surface area contributed by atoms with Gasteiger partial charge in [0.25, 0.3) is 0 Å². The summed E-state index contributed by atoms with van der Waals surface area (Å²) in [5.41, 5.74) is -0.621. The van der Waals surface area contributed by atoms with Crippen molar-refractivity contribution in [2.24, 2.45) is 5.92 Å². The topological polar surface area (TPSA) is 75.6 Å². The molecule has 2 N–H and O–H groups in total. The summed E-state index contributed by atoms with van der Waals surface area (Å²) in [6.07, 6.45) is -0.705. The maximum absolute atomic E-state index is 11.3. The fourth-order valence-corrected chi connectivity index (χ4v) is 0.948. The fourth-order valence-electron chi connectivity index (χ4n) is 0.948. The van der Waals surface area contributed by atoms with Gasteiger partial charge in [-0.2, -0.15) is 0 Å². The number of alkyl carbamates (subject to hydrolysis) is 1. The molecule has 112 valence electrons. The van der Waals surface area contributed by atoms with Crippen molar-refractivity contribution in [2.75, 3.05) is 0 Å². The Morgan fingerprint density at radius 2 is 1.67 bits per heavy atom. The van der Waals surface area contributed by atoms with Gasteiger partial charge < -0.3 is 15.2 Å². The van der Waals surface area contributed by atoms with Crippen LogP contribution in [0.15, 0.2) is 0 Å². The Morgan fingerprint density at radius 1 is 1.28 bits per heavy atom. The van der Waals surface area contributed by atoms with Gasteiger partial charge in [-0.05, 0) is 26.7 Å². The summed E-state index contributed by atoms with van der Waals surface area (Å²) in [6, 6.07) is -0.917. The van der Waals surface area contributed by atoms with Crippen molar-refractivity contribution >= 4 is 31.1 Å². The van der Waals surface area contributed by atoms with Crippen molar-refractivity contribution in [3.8, 4) is 0 Å². The van der Waals surface area contributed by atoms with Crippen molar-refractivity contribution in [3.05, 3.63) is 0 Å². The van der Waals surface area contributed by atoms with Crippen LogP contribution in [0.4, 0.5) is 4.79 Å². The second kappa shape index (κ2) is 9.85. The average Bonchev–Trinajstić information content (AvgIpc) is 2.11. The maximum atomic E-state index is 11.3. The van der Waals surface area contributed by atoms with Crippen LogP contribution in [-0.4, -0.2) is 28.8 Å². The number of carbonyl (C=O) groups is 2. The van der Waals surface area contributed by atoms with Gasteiger partial charge in [0.2, 0.25) is 0 Å². The third-order valence-electron chi connectivity index (χ3n) is 1.60. The van der Waals surface area contributed by atoms with Gasteiger partial charge in [-0.3, -0.25) is 0 Å². The predicted octanol–water partition coefficient (Wildman–Crippen LogP) is 3.00. The Kier molecular flexibility index (Phi) is 11.1. The molecule has 0 bridgehead atoms. The molecular formula is C10H19Cl2NO4Pd. The molecule has 0 saturated carbocycles. The standard InChI is InChI=1S/C10H19NO4.2ClH.Pd/c1-6(2)7(8(12)13)11-9(14)15-10(3,4)5;;;/h6-7H,1-5H3,(H,11,14)(H,12,13);2*1H;/q;;;+2/p-2. The molecule has 0 aromatic carbocycles. The van der Waals surface area contributed by atoms with Gasteiger partial charge in [-0.25, -0.2) is 9.59 Å². The first kappa shape index (κ1) is 20.3. The number of amides is 1. The summed E-state index contributed by atoms with van der Waals surface area (Å²) < 4.78 is 4.96. The molecular weight excluding hydrogens is 375 g/mol. The third-order valence-corrected chi connectivity index (χ3v) is 1.60. The monoisotopic (exact) mass is 393 g/mol. The van der Waals surface area contributed by atoms with E-state index in [-0.39, 0.29) is 21.9 Å². The van der Waals surface area contributed by atoms with Gasteiger partial charge in [0.15, 0.2) is 0 Å². The summed E-state index contributed by atoms with van der Waals surface area (Å²) in [4.78, 5) is 22.1. The van der Waals surface area contributed by atoms with Crippen LogP contribution in [-0.2, 0) is 25.5 Å². The van der Waals surface area contributed by atoms with E-state index >= 15 is 0 Å². The number of hydrogen-bond donors (Lipinski definition) is 2. The van der Waals surface area contributed by atoms with E-state index in [1.54, 1.807) is 34.6 Å². The van der Waals surface area contributed by atoms with E-state index in [0.29, 0.717) is 0 Å². The van der Waals surface area contributed by atoms with E-state index in [1.807, 2.05) is 0 Å². The number of carbonyl (C=O) groups excluding carboxylic acids is 1. The average molecular weight is 395 g/mol. The summed E-state index contributed by atoms with van der Waals surface area (Å²) in [5, 5.41) is 11.1. The number of carboxylic acids is 1. The van der Waals surface area contributed by atoms with Crippen LogP contribution in [0.3, 0.4) is 0 Å². The molecule has 1 unspecified atom stereocenters. The van der Waals surface area contributed by atoms with Gasteiger partial charge >= 0.3 is 47.1 Å². The molecule has 0 rings (SSSR count). The molecule has 0 spiro atoms. The summed E-state index contributed by atoms with van der Waals surface area (Å²) in [5.74, 6) is -1.24. The van der Waals surface area contributed by atoms with E-state index in [4.69, 9.17) is 28.9 Å². The predicted molar refractivity (Wildman–Crippen MR) is 67.3 cm³/mol. The number of ether oxygens (including phenoxy) is 1. The van der Waals surface area contributed by atoms with Crippen LogP contribution in [0.1, 0.15) is 34.6 Å². The zero-order chi connectivity index (χ0) is 14.9. The Hall–Kier alpha value is -0.0177. The Balaban J connectivity index is 0. The number of aliphatic carboxylic acids is 1. The van der Waals surface area contributed by atoms with E-state index in [1.165, 1.54) is 0 Å². The molecule has 0 aromatic heterocycles. The molecule has 1 atom stereocenters. The van der Waals surface area contributed by atoms with E-state index in [0.717, 1.165) is 0 Å². The Labute approximate surface area is 124 Å². The first-order chi connectivity index (χ1) is 8.05.